The molecule has 0 radical (unpaired) electrons. The Labute approximate surface area is 190 Å². The van der Waals surface area contributed by atoms with Gasteiger partial charge < -0.3 is 9.80 Å². The number of hydrogen-bond donors (Lipinski definition) is 0. The molecule has 4 nitrogen and oxygen atoms in total. The number of amides is 2. The molecule has 31 heavy (non-hydrogen) atoms. The number of carbonyl (C=O) groups is 2. The van der Waals surface area contributed by atoms with Crippen LogP contribution in [0.15, 0.2) is 65.6 Å². The molecule has 0 spiro atoms. The van der Waals surface area contributed by atoms with Crippen molar-refractivity contribution in [1.29, 1.82) is 0 Å². The van der Waals surface area contributed by atoms with E-state index in [0.29, 0.717) is 19.0 Å². The van der Waals surface area contributed by atoms with Gasteiger partial charge >= 0.3 is 0 Å². The molecule has 4 rings (SSSR count). The van der Waals surface area contributed by atoms with Crippen LogP contribution in [-0.4, -0.2) is 47.8 Å². The Kier molecular flexibility index (Phi) is 7.68. The lowest BCUT2D eigenvalue weighted by Gasteiger charge is -2.35. The number of rotatable bonds is 5. The molecule has 2 aliphatic rings. The van der Waals surface area contributed by atoms with E-state index in [2.05, 4.69) is 17.0 Å². The van der Waals surface area contributed by atoms with Crippen LogP contribution < -0.4 is 0 Å². The first-order valence-corrected chi connectivity index (χ1v) is 12.4. The van der Waals surface area contributed by atoms with Gasteiger partial charge in [0.05, 0.1) is 0 Å². The zero-order valence-electron chi connectivity index (χ0n) is 18.1. The smallest absolute Gasteiger partial charge is 0.240 e. The van der Waals surface area contributed by atoms with E-state index in [1.165, 1.54) is 12.8 Å². The Morgan fingerprint density at radius 3 is 1.94 bits per heavy atom. The lowest BCUT2D eigenvalue weighted by Crippen LogP contribution is -2.45. The molecule has 2 saturated heterocycles. The Bertz CT molecular complexity index is 842. The molecule has 5 heteroatoms. The molecule has 0 bridgehead atoms. The summed E-state index contributed by atoms with van der Waals surface area (Å²) < 4.78 is 0. The highest BCUT2D eigenvalue weighted by Gasteiger charge is 2.33. The first-order chi connectivity index (χ1) is 15.2. The van der Waals surface area contributed by atoms with Crippen LogP contribution in [0.4, 0.5) is 0 Å². The van der Waals surface area contributed by atoms with Crippen LogP contribution >= 0.6 is 11.8 Å². The summed E-state index contributed by atoms with van der Waals surface area (Å²) >= 11 is 1.61. The second-order valence-electron chi connectivity index (χ2n) is 8.56. The standard InChI is InChI=1S/C26H32N2O2S/c29-25(27-17-9-1-2-10-18-27)22-15-19-28(20-16-22)26(30)24(21-11-5-3-6-12-21)31-23-13-7-4-8-14-23/h3-8,11-14,22,24H,1-2,9-10,15-20H2. The van der Waals surface area contributed by atoms with Crippen molar-refractivity contribution in [3.05, 3.63) is 66.2 Å². The number of piperidine rings is 1. The molecular formula is C26H32N2O2S. The molecule has 1 unspecified atom stereocenters. The molecular weight excluding hydrogens is 404 g/mol. The summed E-state index contributed by atoms with van der Waals surface area (Å²) in [7, 11) is 0. The summed E-state index contributed by atoms with van der Waals surface area (Å²) in [6.45, 7) is 3.15. The van der Waals surface area contributed by atoms with Crippen molar-refractivity contribution in [1.82, 2.24) is 9.80 Å². The number of benzene rings is 2. The second kappa shape index (κ2) is 10.9. The predicted molar refractivity (Wildman–Crippen MR) is 126 cm³/mol. The van der Waals surface area contributed by atoms with E-state index in [4.69, 9.17) is 0 Å². The third-order valence-corrected chi connectivity index (χ3v) is 7.65. The fourth-order valence-electron chi connectivity index (χ4n) is 4.59. The van der Waals surface area contributed by atoms with Crippen LogP contribution in [0.2, 0.25) is 0 Å². The molecule has 2 amide bonds. The minimum absolute atomic E-state index is 0.0686. The van der Waals surface area contributed by atoms with Crippen LogP contribution in [0, 0.1) is 5.92 Å². The Hall–Kier alpha value is -2.27. The topological polar surface area (TPSA) is 40.6 Å². The molecule has 0 aromatic heterocycles. The molecule has 2 aromatic rings. The molecule has 0 aliphatic carbocycles. The highest BCUT2D eigenvalue weighted by Crippen LogP contribution is 2.37. The van der Waals surface area contributed by atoms with Crippen molar-refractivity contribution in [3.63, 3.8) is 0 Å². The maximum atomic E-state index is 13.5. The monoisotopic (exact) mass is 436 g/mol. The quantitative estimate of drug-likeness (QED) is 0.608. The highest BCUT2D eigenvalue weighted by atomic mass is 32.2. The molecule has 0 saturated carbocycles. The Balaban J connectivity index is 1.41. The third kappa shape index (κ3) is 5.70. The van der Waals surface area contributed by atoms with Crippen LogP contribution in [0.5, 0.6) is 0 Å². The van der Waals surface area contributed by atoms with Crippen molar-refractivity contribution in [2.45, 2.75) is 48.7 Å². The number of carbonyl (C=O) groups excluding carboxylic acids is 2. The van der Waals surface area contributed by atoms with Gasteiger partial charge in [-0.15, -0.1) is 11.8 Å². The van der Waals surface area contributed by atoms with E-state index in [1.807, 2.05) is 53.4 Å². The van der Waals surface area contributed by atoms with Crippen LogP contribution in [-0.2, 0) is 9.59 Å². The van der Waals surface area contributed by atoms with Gasteiger partial charge in [-0.2, -0.15) is 0 Å². The fraction of sp³-hybridized carbons (Fsp3) is 0.462. The van der Waals surface area contributed by atoms with E-state index >= 15 is 0 Å². The summed E-state index contributed by atoms with van der Waals surface area (Å²) in [5, 5.41) is -0.263. The van der Waals surface area contributed by atoms with Crippen molar-refractivity contribution in [2.24, 2.45) is 5.92 Å². The Morgan fingerprint density at radius 2 is 1.32 bits per heavy atom. The largest absolute Gasteiger partial charge is 0.342 e. The van der Waals surface area contributed by atoms with Gasteiger partial charge in [0, 0.05) is 37.0 Å². The minimum atomic E-state index is -0.263. The summed E-state index contributed by atoms with van der Waals surface area (Å²) in [5.74, 6) is 0.534. The number of thioether (sulfide) groups is 1. The van der Waals surface area contributed by atoms with Crippen molar-refractivity contribution in [2.75, 3.05) is 26.2 Å². The van der Waals surface area contributed by atoms with E-state index < -0.39 is 0 Å². The average molecular weight is 437 g/mol. The van der Waals surface area contributed by atoms with E-state index in [9.17, 15) is 9.59 Å². The lowest BCUT2D eigenvalue weighted by atomic mass is 9.94. The zero-order valence-corrected chi connectivity index (χ0v) is 18.9. The van der Waals surface area contributed by atoms with E-state index in [0.717, 1.165) is 49.2 Å². The minimum Gasteiger partial charge on any atom is -0.342 e. The SMILES string of the molecule is O=C(C1CCN(C(=O)C(Sc2ccccc2)c2ccccc2)CC1)N1CCCCCC1. The summed E-state index contributed by atoms with van der Waals surface area (Å²) in [6, 6.07) is 20.2. The number of hydrogen-bond acceptors (Lipinski definition) is 3. The van der Waals surface area contributed by atoms with Gasteiger partial charge in [0.2, 0.25) is 11.8 Å². The van der Waals surface area contributed by atoms with E-state index in [1.54, 1.807) is 11.8 Å². The van der Waals surface area contributed by atoms with Crippen LogP contribution in [0.1, 0.15) is 49.3 Å². The van der Waals surface area contributed by atoms with Crippen LogP contribution in [0.3, 0.4) is 0 Å². The van der Waals surface area contributed by atoms with Gasteiger partial charge in [0.25, 0.3) is 0 Å². The van der Waals surface area contributed by atoms with Crippen molar-refractivity contribution in [3.8, 4) is 0 Å². The number of nitrogens with zero attached hydrogens (tertiary/aromatic N) is 2. The van der Waals surface area contributed by atoms with Crippen LogP contribution in [0.25, 0.3) is 0 Å². The lowest BCUT2D eigenvalue weighted by molar-refractivity contribution is -0.140. The first kappa shape index (κ1) is 21.9. The Morgan fingerprint density at radius 1 is 0.742 bits per heavy atom. The third-order valence-electron chi connectivity index (χ3n) is 6.40. The van der Waals surface area contributed by atoms with Gasteiger partial charge in [0.15, 0.2) is 0 Å². The summed E-state index contributed by atoms with van der Waals surface area (Å²) in [6.07, 6.45) is 6.27. The van der Waals surface area contributed by atoms with Gasteiger partial charge in [-0.3, -0.25) is 9.59 Å². The maximum Gasteiger partial charge on any atom is 0.240 e. The van der Waals surface area contributed by atoms with Gasteiger partial charge in [-0.25, -0.2) is 0 Å². The van der Waals surface area contributed by atoms with E-state index in [-0.39, 0.29) is 17.1 Å². The predicted octanol–water partition coefficient (Wildman–Crippen LogP) is 5.16. The average Bonchev–Trinajstić information content (AvgIpc) is 3.13. The normalized spacial score (nSPS) is 19.0. The molecule has 2 aromatic carbocycles. The fourth-order valence-corrected chi connectivity index (χ4v) is 5.72. The molecule has 2 heterocycles. The molecule has 1 atom stereocenters. The molecule has 164 valence electrons. The van der Waals surface area contributed by atoms with Gasteiger partial charge in [0.1, 0.15) is 5.25 Å². The molecule has 2 aliphatic heterocycles. The highest BCUT2D eigenvalue weighted by molar-refractivity contribution is 8.00. The van der Waals surface area contributed by atoms with Crippen molar-refractivity contribution >= 4 is 23.6 Å². The molecule has 0 N–H and O–H groups in total. The van der Waals surface area contributed by atoms with Gasteiger partial charge in [-0.1, -0.05) is 61.4 Å². The van der Waals surface area contributed by atoms with Crippen molar-refractivity contribution < 1.29 is 9.59 Å². The summed E-state index contributed by atoms with van der Waals surface area (Å²) in [4.78, 5) is 31.7. The first-order valence-electron chi connectivity index (χ1n) is 11.6. The zero-order chi connectivity index (χ0) is 21.5. The number of likely N-dealkylation sites (tertiary alicyclic amines) is 2. The summed E-state index contributed by atoms with van der Waals surface area (Å²) in [5.41, 5.74) is 1.03. The molecule has 2 fully saturated rings. The maximum absolute atomic E-state index is 13.5. The second-order valence-corrected chi connectivity index (χ2v) is 9.74. The van der Waals surface area contributed by atoms with Gasteiger partial charge in [-0.05, 0) is 43.4 Å².